The van der Waals surface area contributed by atoms with Gasteiger partial charge in [-0.2, -0.15) is 0 Å². The largest absolute Gasteiger partial charge is 0.480 e. The molecule has 19 heavy (non-hydrogen) atoms. The van der Waals surface area contributed by atoms with E-state index in [1.165, 1.54) is 0 Å². The van der Waals surface area contributed by atoms with Crippen LogP contribution >= 0.6 is 0 Å². The number of aromatic nitrogens is 3. The standard InChI is InChI=1S/C12H14N4O3/c1-15-6-14-10-8(15)2-3-13-11(10)16-5-7(17)4-9(16)12(18)19/h2-3,6-7,9,17H,4-5H2,1H3,(H,18,19). The van der Waals surface area contributed by atoms with Crippen molar-refractivity contribution >= 4 is 22.8 Å². The highest BCUT2D eigenvalue weighted by atomic mass is 16.4. The third-order valence-electron chi connectivity index (χ3n) is 3.46. The van der Waals surface area contributed by atoms with E-state index in [2.05, 4.69) is 9.97 Å². The van der Waals surface area contributed by atoms with Crippen LogP contribution in [-0.4, -0.2) is 49.4 Å². The molecule has 100 valence electrons. The Morgan fingerprint density at radius 1 is 1.47 bits per heavy atom. The number of hydrogen-bond donors (Lipinski definition) is 2. The lowest BCUT2D eigenvalue weighted by Crippen LogP contribution is -2.36. The van der Waals surface area contributed by atoms with Gasteiger partial charge in [0.15, 0.2) is 5.82 Å². The van der Waals surface area contributed by atoms with Gasteiger partial charge in [-0.15, -0.1) is 0 Å². The van der Waals surface area contributed by atoms with E-state index in [-0.39, 0.29) is 13.0 Å². The molecule has 2 atom stereocenters. The number of β-amino-alcohol motifs (C(OH)–C–C–N with tert-alkyl or cyclic N) is 1. The predicted octanol–water partition coefficient (Wildman–Crippen LogP) is -0.00750. The molecule has 3 heterocycles. The molecule has 0 radical (unpaired) electrons. The van der Waals surface area contributed by atoms with Gasteiger partial charge in [-0.25, -0.2) is 14.8 Å². The Morgan fingerprint density at radius 2 is 2.26 bits per heavy atom. The molecule has 0 aromatic carbocycles. The molecule has 7 nitrogen and oxygen atoms in total. The number of nitrogens with zero attached hydrogens (tertiary/aromatic N) is 4. The van der Waals surface area contributed by atoms with Crippen molar-refractivity contribution in [3.8, 4) is 0 Å². The Morgan fingerprint density at radius 3 is 3.00 bits per heavy atom. The number of carboxylic acids is 1. The summed E-state index contributed by atoms with van der Waals surface area (Å²) < 4.78 is 1.85. The van der Waals surface area contributed by atoms with Gasteiger partial charge < -0.3 is 19.7 Å². The molecule has 0 aliphatic carbocycles. The molecule has 2 N–H and O–H groups in total. The summed E-state index contributed by atoms with van der Waals surface area (Å²) >= 11 is 0. The zero-order valence-electron chi connectivity index (χ0n) is 10.4. The maximum atomic E-state index is 11.3. The van der Waals surface area contributed by atoms with Gasteiger partial charge in [-0.05, 0) is 6.07 Å². The first-order valence-electron chi connectivity index (χ1n) is 6.01. The molecule has 0 bridgehead atoms. The molecule has 7 heteroatoms. The van der Waals surface area contributed by atoms with E-state index >= 15 is 0 Å². The molecule has 1 saturated heterocycles. The monoisotopic (exact) mass is 262 g/mol. The van der Waals surface area contributed by atoms with Crippen LogP contribution in [0.4, 0.5) is 5.82 Å². The Kier molecular flexibility index (Phi) is 2.63. The second-order valence-corrected chi connectivity index (χ2v) is 4.75. The van der Waals surface area contributed by atoms with E-state index in [1.807, 2.05) is 17.7 Å². The van der Waals surface area contributed by atoms with Crippen LogP contribution in [0.3, 0.4) is 0 Å². The third-order valence-corrected chi connectivity index (χ3v) is 3.46. The van der Waals surface area contributed by atoms with Crippen molar-refractivity contribution in [2.24, 2.45) is 7.05 Å². The van der Waals surface area contributed by atoms with Crippen LogP contribution in [0.5, 0.6) is 0 Å². The van der Waals surface area contributed by atoms with Crippen LogP contribution in [0.15, 0.2) is 18.6 Å². The van der Waals surface area contributed by atoms with E-state index in [1.54, 1.807) is 17.4 Å². The SMILES string of the molecule is Cn1cnc2c(N3CC(O)CC3C(=O)O)nccc21. The Balaban J connectivity index is 2.11. The summed E-state index contributed by atoms with van der Waals surface area (Å²) in [6.07, 6.45) is 2.85. The zero-order chi connectivity index (χ0) is 13.6. The molecule has 0 amide bonds. The van der Waals surface area contributed by atoms with Crippen LogP contribution in [-0.2, 0) is 11.8 Å². The van der Waals surface area contributed by atoms with Gasteiger partial charge in [-0.1, -0.05) is 0 Å². The smallest absolute Gasteiger partial charge is 0.326 e. The van der Waals surface area contributed by atoms with E-state index in [4.69, 9.17) is 0 Å². The van der Waals surface area contributed by atoms with Gasteiger partial charge in [0.25, 0.3) is 0 Å². The van der Waals surface area contributed by atoms with Crippen molar-refractivity contribution in [2.45, 2.75) is 18.6 Å². The number of hydrogen-bond acceptors (Lipinski definition) is 5. The third kappa shape index (κ3) is 1.82. The minimum atomic E-state index is -0.953. The van der Waals surface area contributed by atoms with Crippen molar-refractivity contribution in [3.05, 3.63) is 18.6 Å². The second-order valence-electron chi connectivity index (χ2n) is 4.75. The number of fused-ring (bicyclic) bond motifs is 1. The fourth-order valence-electron chi connectivity index (χ4n) is 2.54. The average Bonchev–Trinajstić information content (AvgIpc) is 2.93. The maximum absolute atomic E-state index is 11.3. The summed E-state index contributed by atoms with van der Waals surface area (Å²) in [6, 6.07) is 1.07. The minimum Gasteiger partial charge on any atom is -0.480 e. The molecular formula is C12H14N4O3. The summed E-state index contributed by atoms with van der Waals surface area (Å²) in [5.74, 6) is -0.437. The molecule has 2 aromatic rings. The molecule has 1 aliphatic rings. The minimum absolute atomic E-state index is 0.209. The van der Waals surface area contributed by atoms with E-state index < -0.39 is 18.1 Å². The van der Waals surface area contributed by atoms with Crippen LogP contribution in [0, 0.1) is 0 Å². The van der Waals surface area contributed by atoms with Crippen molar-refractivity contribution < 1.29 is 15.0 Å². The second kappa shape index (κ2) is 4.20. The Bertz CT molecular complexity index is 639. The number of aliphatic hydroxyl groups excluding tert-OH is 1. The number of anilines is 1. The van der Waals surface area contributed by atoms with Gasteiger partial charge in [0.1, 0.15) is 11.6 Å². The van der Waals surface area contributed by atoms with Gasteiger partial charge in [0.2, 0.25) is 0 Å². The van der Waals surface area contributed by atoms with Crippen LogP contribution in [0.2, 0.25) is 0 Å². The van der Waals surface area contributed by atoms with E-state index in [0.29, 0.717) is 11.3 Å². The number of aryl methyl sites for hydroxylation is 1. The number of pyridine rings is 1. The van der Waals surface area contributed by atoms with E-state index in [9.17, 15) is 15.0 Å². The van der Waals surface area contributed by atoms with Crippen molar-refractivity contribution in [2.75, 3.05) is 11.4 Å². The van der Waals surface area contributed by atoms with Crippen molar-refractivity contribution in [1.29, 1.82) is 0 Å². The number of carbonyl (C=O) groups is 1. The maximum Gasteiger partial charge on any atom is 0.326 e. The first-order chi connectivity index (χ1) is 9.08. The fourth-order valence-corrected chi connectivity index (χ4v) is 2.54. The highest BCUT2D eigenvalue weighted by molar-refractivity contribution is 5.89. The van der Waals surface area contributed by atoms with Gasteiger partial charge in [-0.3, -0.25) is 0 Å². The molecule has 2 aromatic heterocycles. The summed E-state index contributed by atoms with van der Waals surface area (Å²) in [4.78, 5) is 21.4. The van der Waals surface area contributed by atoms with Crippen LogP contribution in [0.1, 0.15) is 6.42 Å². The first kappa shape index (κ1) is 11.9. The summed E-state index contributed by atoms with van der Waals surface area (Å²) in [5.41, 5.74) is 1.54. The fraction of sp³-hybridized carbons (Fsp3) is 0.417. The summed E-state index contributed by atoms with van der Waals surface area (Å²) in [6.45, 7) is 0.264. The lowest BCUT2D eigenvalue weighted by atomic mass is 10.2. The topological polar surface area (TPSA) is 91.5 Å². The number of carboxylic acid groups (broad SMARTS) is 1. The van der Waals surface area contributed by atoms with Crippen molar-refractivity contribution in [1.82, 2.24) is 14.5 Å². The van der Waals surface area contributed by atoms with E-state index in [0.717, 1.165) is 5.52 Å². The number of imidazole rings is 1. The number of aliphatic hydroxyl groups is 1. The Hall–Kier alpha value is -2.15. The lowest BCUT2D eigenvalue weighted by molar-refractivity contribution is -0.138. The van der Waals surface area contributed by atoms with Crippen molar-refractivity contribution in [3.63, 3.8) is 0 Å². The molecular weight excluding hydrogens is 248 g/mol. The first-order valence-corrected chi connectivity index (χ1v) is 6.01. The highest BCUT2D eigenvalue weighted by Gasteiger charge is 2.37. The van der Waals surface area contributed by atoms with Gasteiger partial charge in [0, 0.05) is 26.2 Å². The average molecular weight is 262 g/mol. The molecule has 0 spiro atoms. The van der Waals surface area contributed by atoms with Crippen LogP contribution in [0.25, 0.3) is 11.0 Å². The Labute approximate surface area is 109 Å². The predicted molar refractivity (Wildman–Crippen MR) is 67.9 cm³/mol. The van der Waals surface area contributed by atoms with Crippen LogP contribution < -0.4 is 4.90 Å². The number of rotatable bonds is 2. The zero-order valence-corrected chi connectivity index (χ0v) is 10.4. The summed E-state index contributed by atoms with van der Waals surface area (Å²) in [5, 5.41) is 18.9. The molecule has 3 rings (SSSR count). The van der Waals surface area contributed by atoms with Gasteiger partial charge in [0.05, 0.1) is 17.9 Å². The molecule has 1 fully saturated rings. The normalized spacial score (nSPS) is 23.2. The quantitative estimate of drug-likeness (QED) is 0.791. The van der Waals surface area contributed by atoms with Gasteiger partial charge >= 0.3 is 5.97 Å². The molecule has 2 unspecified atom stereocenters. The molecule has 1 aliphatic heterocycles. The highest BCUT2D eigenvalue weighted by Crippen LogP contribution is 2.29. The summed E-state index contributed by atoms with van der Waals surface area (Å²) in [7, 11) is 1.87. The number of aliphatic carboxylic acids is 1. The lowest BCUT2D eigenvalue weighted by Gasteiger charge is -2.22. The molecule has 0 saturated carbocycles.